The molecule has 2 aliphatic rings. The monoisotopic (exact) mass is 239 g/mol. The number of piperidine rings is 1. The molecule has 2 fully saturated rings. The van der Waals surface area contributed by atoms with Crippen LogP contribution in [0.2, 0.25) is 0 Å². The maximum Gasteiger partial charge on any atom is 0.0781 e. The number of fused-ring (bicyclic) bond motifs is 1. The van der Waals surface area contributed by atoms with E-state index in [1.54, 1.807) is 0 Å². The zero-order chi connectivity index (χ0) is 11.5. The van der Waals surface area contributed by atoms with E-state index in [1.165, 1.54) is 50.1 Å². The fourth-order valence-corrected chi connectivity index (χ4v) is 4.12. The van der Waals surface area contributed by atoms with Crippen molar-refractivity contribution in [2.75, 3.05) is 6.54 Å². The highest BCUT2D eigenvalue weighted by atomic mass is 32.1. The number of likely N-dealkylation sites (tertiary alicyclic amines) is 1. The van der Waals surface area contributed by atoms with Crippen LogP contribution in [0.15, 0.2) is 0 Å². The average Bonchev–Trinajstić information content (AvgIpc) is 2.29. The molecule has 0 radical (unpaired) electrons. The molecule has 2 rings (SSSR count). The van der Waals surface area contributed by atoms with E-state index in [4.69, 9.17) is 12.2 Å². The van der Waals surface area contributed by atoms with Gasteiger partial charge in [-0.3, -0.25) is 0 Å². The molecule has 0 bridgehead atoms. The van der Waals surface area contributed by atoms with Crippen LogP contribution in [0, 0.1) is 11.8 Å². The second-order valence-corrected chi connectivity index (χ2v) is 6.11. The van der Waals surface area contributed by atoms with Crippen molar-refractivity contribution in [3.8, 4) is 0 Å². The zero-order valence-corrected chi connectivity index (χ0v) is 11.6. The van der Waals surface area contributed by atoms with E-state index in [9.17, 15) is 0 Å². The van der Waals surface area contributed by atoms with Crippen LogP contribution in [0.4, 0.5) is 0 Å². The summed E-state index contributed by atoms with van der Waals surface area (Å²) in [6.07, 6.45) is 9.41. The summed E-state index contributed by atoms with van der Waals surface area (Å²) in [6, 6.07) is 0.779. The number of thiocarbonyl (C=S) groups is 1. The predicted octanol–water partition coefficient (Wildman–Crippen LogP) is 4.01. The van der Waals surface area contributed by atoms with Crippen LogP contribution in [0.1, 0.15) is 58.8 Å². The number of hydrogen-bond acceptors (Lipinski definition) is 1. The maximum absolute atomic E-state index is 5.62. The van der Waals surface area contributed by atoms with Gasteiger partial charge < -0.3 is 4.90 Å². The van der Waals surface area contributed by atoms with Crippen LogP contribution in [0.5, 0.6) is 0 Å². The third kappa shape index (κ3) is 2.42. The number of hydrogen-bond donors (Lipinski definition) is 0. The Morgan fingerprint density at radius 3 is 2.75 bits per heavy atom. The molecule has 0 spiro atoms. The van der Waals surface area contributed by atoms with Crippen molar-refractivity contribution in [2.45, 2.75) is 64.8 Å². The lowest BCUT2D eigenvalue weighted by Gasteiger charge is -2.48. The summed E-state index contributed by atoms with van der Waals surface area (Å²) in [6.45, 7) is 5.89. The third-order valence-corrected chi connectivity index (χ3v) is 4.86. The molecule has 3 unspecified atom stereocenters. The molecule has 0 aromatic rings. The summed E-state index contributed by atoms with van der Waals surface area (Å²) in [5.74, 6) is 1.79. The Balaban J connectivity index is 2.07. The van der Waals surface area contributed by atoms with Crippen molar-refractivity contribution < 1.29 is 0 Å². The molecule has 1 aliphatic heterocycles. The number of rotatable bonds is 2. The third-order valence-electron chi connectivity index (χ3n) is 4.42. The van der Waals surface area contributed by atoms with Crippen molar-refractivity contribution in [1.82, 2.24) is 4.90 Å². The Morgan fingerprint density at radius 1 is 1.25 bits per heavy atom. The van der Waals surface area contributed by atoms with Gasteiger partial charge in [0.15, 0.2) is 0 Å². The first-order valence-corrected chi connectivity index (χ1v) is 7.44. The average molecular weight is 239 g/mol. The highest BCUT2D eigenvalue weighted by Crippen LogP contribution is 2.39. The summed E-state index contributed by atoms with van der Waals surface area (Å²) < 4.78 is 0. The van der Waals surface area contributed by atoms with Crippen molar-refractivity contribution in [3.63, 3.8) is 0 Å². The van der Waals surface area contributed by atoms with E-state index in [0.29, 0.717) is 0 Å². The second kappa shape index (κ2) is 5.48. The number of nitrogens with zero attached hydrogens (tertiary/aromatic N) is 1. The van der Waals surface area contributed by atoms with Gasteiger partial charge in [0.2, 0.25) is 0 Å². The molecule has 2 heteroatoms. The molecule has 16 heavy (non-hydrogen) atoms. The van der Waals surface area contributed by atoms with Gasteiger partial charge in [-0.05, 0) is 50.4 Å². The van der Waals surface area contributed by atoms with Gasteiger partial charge in [-0.1, -0.05) is 32.5 Å². The lowest BCUT2D eigenvalue weighted by atomic mass is 9.73. The first-order valence-electron chi connectivity index (χ1n) is 7.03. The lowest BCUT2D eigenvalue weighted by Crippen LogP contribution is -2.52. The Labute approximate surface area is 106 Å². The lowest BCUT2D eigenvalue weighted by molar-refractivity contribution is 0.0757. The molecule has 92 valence electrons. The Hall–Kier alpha value is -0.110. The van der Waals surface area contributed by atoms with Gasteiger partial charge in [-0.15, -0.1) is 0 Å². The fourth-order valence-electron chi connectivity index (χ4n) is 3.71. The minimum atomic E-state index is 0.779. The van der Waals surface area contributed by atoms with Gasteiger partial charge in [-0.2, -0.15) is 0 Å². The van der Waals surface area contributed by atoms with Gasteiger partial charge >= 0.3 is 0 Å². The molecule has 1 heterocycles. The molecule has 1 nitrogen and oxygen atoms in total. The van der Waals surface area contributed by atoms with Gasteiger partial charge in [0.25, 0.3) is 0 Å². The van der Waals surface area contributed by atoms with Crippen LogP contribution < -0.4 is 0 Å². The molecular formula is C14H25NS. The minimum Gasteiger partial charge on any atom is -0.363 e. The summed E-state index contributed by atoms with van der Waals surface area (Å²) >= 11 is 5.62. The van der Waals surface area contributed by atoms with E-state index in [1.807, 2.05) is 0 Å². The SMILES string of the molecule is CCCC(=S)N1CCCC2CCCC(C)C21. The van der Waals surface area contributed by atoms with Crippen LogP contribution in [-0.4, -0.2) is 22.5 Å². The van der Waals surface area contributed by atoms with E-state index >= 15 is 0 Å². The first kappa shape index (κ1) is 12.3. The highest BCUT2D eigenvalue weighted by molar-refractivity contribution is 7.80. The van der Waals surface area contributed by atoms with E-state index in [0.717, 1.165) is 24.3 Å². The molecule has 0 aromatic carbocycles. The van der Waals surface area contributed by atoms with Gasteiger partial charge in [0.05, 0.1) is 4.99 Å². The van der Waals surface area contributed by atoms with Gasteiger partial charge in [0, 0.05) is 12.6 Å². The van der Waals surface area contributed by atoms with Crippen molar-refractivity contribution >= 4 is 17.2 Å². The Kier molecular flexibility index (Phi) is 4.23. The summed E-state index contributed by atoms with van der Waals surface area (Å²) in [7, 11) is 0. The van der Waals surface area contributed by atoms with Gasteiger partial charge in [-0.25, -0.2) is 0 Å². The molecule has 0 amide bonds. The Bertz CT molecular complexity index is 249. The summed E-state index contributed by atoms with van der Waals surface area (Å²) in [4.78, 5) is 3.84. The topological polar surface area (TPSA) is 3.24 Å². The first-order chi connectivity index (χ1) is 7.74. The molecule has 0 aromatic heterocycles. The van der Waals surface area contributed by atoms with E-state index in [-0.39, 0.29) is 0 Å². The largest absolute Gasteiger partial charge is 0.363 e. The molecular weight excluding hydrogens is 214 g/mol. The molecule has 0 N–H and O–H groups in total. The van der Waals surface area contributed by atoms with Crippen LogP contribution in [0.25, 0.3) is 0 Å². The Morgan fingerprint density at radius 2 is 2.00 bits per heavy atom. The summed E-state index contributed by atoms with van der Waals surface area (Å²) in [5.41, 5.74) is 0. The van der Waals surface area contributed by atoms with Crippen LogP contribution in [0.3, 0.4) is 0 Å². The zero-order valence-electron chi connectivity index (χ0n) is 10.7. The molecule has 1 saturated heterocycles. The summed E-state index contributed by atoms with van der Waals surface area (Å²) in [5, 5.41) is 0. The standard InChI is InChI=1S/C14H25NS/c1-3-6-13(16)15-10-5-9-12-8-4-7-11(2)14(12)15/h11-12,14H,3-10H2,1-2H3. The molecule has 1 saturated carbocycles. The van der Waals surface area contributed by atoms with Crippen molar-refractivity contribution in [1.29, 1.82) is 0 Å². The normalized spacial score (nSPS) is 34.6. The van der Waals surface area contributed by atoms with E-state index in [2.05, 4.69) is 18.7 Å². The molecule has 1 aliphatic carbocycles. The quantitative estimate of drug-likeness (QED) is 0.670. The van der Waals surface area contributed by atoms with E-state index < -0.39 is 0 Å². The van der Waals surface area contributed by atoms with Crippen LogP contribution >= 0.6 is 12.2 Å². The van der Waals surface area contributed by atoms with Crippen molar-refractivity contribution in [3.05, 3.63) is 0 Å². The minimum absolute atomic E-state index is 0.779. The smallest absolute Gasteiger partial charge is 0.0781 e. The van der Waals surface area contributed by atoms with Gasteiger partial charge in [0.1, 0.15) is 0 Å². The maximum atomic E-state index is 5.62. The van der Waals surface area contributed by atoms with Crippen LogP contribution in [-0.2, 0) is 0 Å². The van der Waals surface area contributed by atoms with Crippen molar-refractivity contribution in [2.24, 2.45) is 11.8 Å². The molecule has 3 atom stereocenters. The second-order valence-electron chi connectivity index (χ2n) is 5.64. The fraction of sp³-hybridized carbons (Fsp3) is 0.929. The predicted molar refractivity (Wildman–Crippen MR) is 73.7 cm³/mol. The highest BCUT2D eigenvalue weighted by Gasteiger charge is 2.37.